The van der Waals surface area contributed by atoms with Crippen molar-refractivity contribution in [1.82, 2.24) is 4.90 Å². The van der Waals surface area contributed by atoms with E-state index in [0.29, 0.717) is 12.6 Å². The molecule has 1 atom stereocenters. The Kier molecular flexibility index (Phi) is 3.37. The first-order valence-corrected chi connectivity index (χ1v) is 7.14. The Morgan fingerprint density at radius 2 is 2.26 bits per heavy atom. The first-order valence-electron chi connectivity index (χ1n) is 6.61. The van der Waals surface area contributed by atoms with Crippen LogP contribution < -0.4 is 5.32 Å². The van der Waals surface area contributed by atoms with Crippen molar-refractivity contribution in [1.29, 1.82) is 0 Å². The molecule has 1 aliphatic carbocycles. The number of nitrogens with zero attached hydrogens (tertiary/aromatic N) is 1. The summed E-state index contributed by atoms with van der Waals surface area (Å²) >= 11 is 5.55. The van der Waals surface area contributed by atoms with Crippen molar-refractivity contribution < 1.29 is 9.90 Å². The van der Waals surface area contributed by atoms with Crippen LogP contribution in [-0.2, 0) is 6.54 Å². The Morgan fingerprint density at radius 1 is 1.47 bits per heavy atom. The van der Waals surface area contributed by atoms with Crippen molar-refractivity contribution in [3.63, 3.8) is 0 Å². The Balaban J connectivity index is 1.72. The van der Waals surface area contributed by atoms with Crippen LogP contribution in [0.1, 0.15) is 28.8 Å². The number of alkyl halides is 1. The lowest BCUT2D eigenvalue weighted by Gasteiger charge is -2.13. The van der Waals surface area contributed by atoms with Gasteiger partial charge in [-0.1, -0.05) is 6.07 Å². The van der Waals surface area contributed by atoms with E-state index in [9.17, 15) is 9.90 Å². The van der Waals surface area contributed by atoms with E-state index >= 15 is 0 Å². The van der Waals surface area contributed by atoms with Gasteiger partial charge in [-0.3, -0.25) is 4.79 Å². The summed E-state index contributed by atoms with van der Waals surface area (Å²) in [5.74, 6) is 0.339. The van der Waals surface area contributed by atoms with Crippen molar-refractivity contribution in [2.75, 3.05) is 17.7 Å². The van der Waals surface area contributed by atoms with Gasteiger partial charge in [0.15, 0.2) is 0 Å². The Hall–Kier alpha value is -1.26. The topological polar surface area (TPSA) is 52.6 Å². The Morgan fingerprint density at radius 3 is 2.95 bits per heavy atom. The first-order chi connectivity index (χ1) is 9.19. The first kappa shape index (κ1) is 12.8. The lowest BCUT2D eigenvalue weighted by molar-refractivity contribution is 0.0766. The van der Waals surface area contributed by atoms with E-state index in [2.05, 4.69) is 5.32 Å². The zero-order chi connectivity index (χ0) is 13.4. The maximum absolute atomic E-state index is 12.3. The van der Waals surface area contributed by atoms with E-state index in [-0.39, 0.29) is 11.8 Å². The lowest BCUT2D eigenvalue weighted by atomic mass is 10.1. The average molecular weight is 281 g/mol. The maximum Gasteiger partial charge on any atom is 0.254 e. The highest BCUT2D eigenvalue weighted by Crippen LogP contribution is 2.35. The molecule has 1 heterocycles. The number of carbonyl (C=O) groups excluding carboxylic acids is 1. The molecule has 2 N–H and O–H groups in total. The predicted octanol–water partition coefficient (Wildman–Crippen LogP) is 1.82. The standard InChI is InChI=1S/C14H17ClN2O2/c15-6-12(18)7-16-10-2-1-9-8-17(11-3-4-11)14(19)13(9)5-10/h1-2,5,11-12,16,18H,3-4,6-8H2. The van der Waals surface area contributed by atoms with Crippen LogP contribution in [0.4, 0.5) is 5.69 Å². The molecule has 3 rings (SSSR count). The number of aliphatic hydroxyl groups excluding tert-OH is 1. The minimum absolute atomic E-state index is 0.138. The summed E-state index contributed by atoms with van der Waals surface area (Å²) in [5.41, 5.74) is 2.74. The van der Waals surface area contributed by atoms with Crippen LogP contribution >= 0.6 is 11.6 Å². The van der Waals surface area contributed by atoms with Gasteiger partial charge in [-0.2, -0.15) is 0 Å². The van der Waals surface area contributed by atoms with Crippen LogP contribution in [0, 0.1) is 0 Å². The molecule has 4 nitrogen and oxygen atoms in total. The smallest absolute Gasteiger partial charge is 0.254 e. The molecular formula is C14H17ClN2O2. The zero-order valence-electron chi connectivity index (χ0n) is 10.6. The highest BCUT2D eigenvalue weighted by atomic mass is 35.5. The summed E-state index contributed by atoms with van der Waals surface area (Å²) in [7, 11) is 0. The molecule has 1 aliphatic heterocycles. The molecule has 0 aromatic heterocycles. The van der Waals surface area contributed by atoms with Crippen LogP contribution in [-0.4, -0.2) is 40.5 Å². The van der Waals surface area contributed by atoms with Crippen LogP contribution in [0.15, 0.2) is 18.2 Å². The van der Waals surface area contributed by atoms with Gasteiger partial charge in [-0.25, -0.2) is 0 Å². The highest BCUT2D eigenvalue weighted by molar-refractivity contribution is 6.18. The number of carbonyl (C=O) groups is 1. The minimum Gasteiger partial charge on any atom is -0.390 e. The van der Waals surface area contributed by atoms with Gasteiger partial charge in [-0.05, 0) is 30.5 Å². The van der Waals surface area contributed by atoms with E-state index in [1.807, 2.05) is 23.1 Å². The molecule has 0 saturated heterocycles. The lowest BCUT2D eigenvalue weighted by Crippen LogP contribution is -2.25. The molecule has 102 valence electrons. The van der Waals surface area contributed by atoms with Gasteiger partial charge in [0.25, 0.3) is 5.91 Å². The van der Waals surface area contributed by atoms with E-state index in [0.717, 1.165) is 36.2 Å². The van der Waals surface area contributed by atoms with E-state index in [1.165, 1.54) is 0 Å². The zero-order valence-corrected chi connectivity index (χ0v) is 11.4. The number of benzene rings is 1. The number of rotatable bonds is 5. The quantitative estimate of drug-likeness (QED) is 0.809. The number of anilines is 1. The van der Waals surface area contributed by atoms with Gasteiger partial charge in [0.1, 0.15) is 0 Å². The second kappa shape index (κ2) is 5.02. The number of hydrogen-bond acceptors (Lipinski definition) is 3. The summed E-state index contributed by atoms with van der Waals surface area (Å²) in [6.07, 6.45) is 1.69. The number of hydrogen-bond donors (Lipinski definition) is 2. The van der Waals surface area contributed by atoms with Crippen LogP contribution in [0.25, 0.3) is 0 Å². The third kappa shape index (κ3) is 2.55. The highest BCUT2D eigenvalue weighted by Gasteiger charge is 2.38. The number of nitrogens with one attached hydrogen (secondary N) is 1. The fraction of sp³-hybridized carbons (Fsp3) is 0.500. The molecule has 19 heavy (non-hydrogen) atoms. The van der Waals surface area contributed by atoms with Gasteiger partial charge in [-0.15, -0.1) is 11.6 Å². The van der Waals surface area contributed by atoms with Crippen molar-refractivity contribution in [3.8, 4) is 0 Å². The Labute approximate surface area is 117 Å². The molecule has 5 heteroatoms. The van der Waals surface area contributed by atoms with E-state index < -0.39 is 6.10 Å². The van der Waals surface area contributed by atoms with Gasteiger partial charge in [0.2, 0.25) is 0 Å². The van der Waals surface area contributed by atoms with Crippen molar-refractivity contribution >= 4 is 23.2 Å². The molecule has 1 aromatic carbocycles. The molecule has 0 radical (unpaired) electrons. The molecule has 1 saturated carbocycles. The summed E-state index contributed by atoms with van der Waals surface area (Å²) in [6, 6.07) is 6.27. The molecule has 0 bridgehead atoms. The van der Waals surface area contributed by atoms with Crippen molar-refractivity contribution in [2.45, 2.75) is 31.5 Å². The summed E-state index contributed by atoms with van der Waals surface area (Å²) < 4.78 is 0. The summed E-state index contributed by atoms with van der Waals surface area (Å²) in [6.45, 7) is 1.13. The third-order valence-corrected chi connectivity index (χ3v) is 4.01. The molecular weight excluding hydrogens is 264 g/mol. The second-order valence-electron chi connectivity index (χ2n) is 5.23. The fourth-order valence-corrected chi connectivity index (χ4v) is 2.51. The number of amides is 1. The normalized spacial score (nSPS) is 19.5. The van der Waals surface area contributed by atoms with Gasteiger partial charge in [0.05, 0.1) is 12.0 Å². The van der Waals surface area contributed by atoms with Gasteiger partial charge in [0, 0.05) is 30.4 Å². The minimum atomic E-state index is -0.575. The SMILES string of the molecule is O=C1c2cc(NCC(O)CCl)ccc2CN1C1CC1. The predicted molar refractivity (Wildman–Crippen MR) is 74.6 cm³/mol. The number of aliphatic hydroxyl groups is 1. The summed E-state index contributed by atoms with van der Waals surface area (Å²) in [5, 5.41) is 12.5. The molecule has 0 spiro atoms. The van der Waals surface area contributed by atoms with Crippen molar-refractivity contribution in [3.05, 3.63) is 29.3 Å². The van der Waals surface area contributed by atoms with Gasteiger partial charge < -0.3 is 15.3 Å². The Bertz CT molecular complexity index is 502. The third-order valence-electron chi connectivity index (χ3n) is 3.65. The largest absolute Gasteiger partial charge is 0.390 e. The fourth-order valence-electron chi connectivity index (χ4n) is 2.40. The molecule has 1 aromatic rings. The molecule has 2 aliphatic rings. The van der Waals surface area contributed by atoms with Gasteiger partial charge >= 0.3 is 0 Å². The second-order valence-corrected chi connectivity index (χ2v) is 5.53. The summed E-state index contributed by atoms with van der Waals surface area (Å²) in [4.78, 5) is 14.2. The monoisotopic (exact) mass is 280 g/mol. The maximum atomic E-state index is 12.3. The molecule has 1 unspecified atom stereocenters. The van der Waals surface area contributed by atoms with Crippen LogP contribution in [0.5, 0.6) is 0 Å². The van der Waals surface area contributed by atoms with Crippen LogP contribution in [0.3, 0.4) is 0 Å². The van der Waals surface area contributed by atoms with Crippen molar-refractivity contribution in [2.24, 2.45) is 0 Å². The molecule has 1 amide bonds. The number of halogens is 1. The molecule has 1 fully saturated rings. The van der Waals surface area contributed by atoms with E-state index in [1.54, 1.807) is 0 Å². The number of fused-ring (bicyclic) bond motifs is 1. The van der Waals surface area contributed by atoms with Crippen LogP contribution in [0.2, 0.25) is 0 Å². The van der Waals surface area contributed by atoms with E-state index in [4.69, 9.17) is 11.6 Å². The average Bonchev–Trinajstić information content (AvgIpc) is 3.22.